The van der Waals surface area contributed by atoms with Gasteiger partial charge in [-0.25, -0.2) is 5.43 Å². The number of hydrazine groups is 1. The van der Waals surface area contributed by atoms with Gasteiger partial charge in [0.05, 0.1) is 18.8 Å². The van der Waals surface area contributed by atoms with Gasteiger partial charge in [0.25, 0.3) is 5.91 Å². The molecule has 1 aromatic rings. The van der Waals surface area contributed by atoms with E-state index >= 15 is 0 Å². The number of rotatable bonds is 5. The Labute approximate surface area is 128 Å². The fraction of sp³-hybridized carbons (Fsp3) is 0.375. The van der Waals surface area contributed by atoms with Crippen LogP contribution in [0.4, 0.5) is 0 Å². The highest BCUT2D eigenvalue weighted by Crippen LogP contribution is 2.50. The average molecular weight is 298 g/mol. The van der Waals surface area contributed by atoms with Crippen molar-refractivity contribution >= 4 is 5.91 Å². The summed E-state index contributed by atoms with van der Waals surface area (Å²) in [6.07, 6.45) is 6.54. The molecule has 1 aliphatic heterocycles. The third-order valence-electron chi connectivity index (χ3n) is 4.24. The van der Waals surface area contributed by atoms with Crippen LogP contribution < -0.4 is 20.9 Å². The van der Waals surface area contributed by atoms with Crippen molar-refractivity contribution < 1.29 is 9.53 Å². The van der Waals surface area contributed by atoms with E-state index < -0.39 is 0 Å². The SMILES string of the molecule is CC(CNC(=O)C1=C2C=C3CC3C2NN1)Oc1cccnc1. The molecule has 0 radical (unpaired) electrons. The van der Waals surface area contributed by atoms with Gasteiger partial charge in [-0.05, 0) is 25.5 Å². The van der Waals surface area contributed by atoms with E-state index in [1.807, 2.05) is 19.1 Å². The molecule has 22 heavy (non-hydrogen) atoms. The number of carbonyl (C=O) groups is 1. The second-order valence-corrected chi connectivity index (χ2v) is 5.93. The van der Waals surface area contributed by atoms with Gasteiger partial charge in [0.15, 0.2) is 0 Å². The van der Waals surface area contributed by atoms with E-state index in [1.54, 1.807) is 12.4 Å². The Morgan fingerprint density at radius 2 is 2.50 bits per heavy atom. The molecule has 1 fully saturated rings. The molecular weight excluding hydrogens is 280 g/mol. The van der Waals surface area contributed by atoms with Crippen molar-refractivity contribution in [2.24, 2.45) is 5.92 Å². The van der Waals surface area contributed by atoms with Gasteiger partial charge >= 0.3 is 0 Å². The molecule has 0 saturated heterocycles. The fourth-order valence-electron chi connectivity index (χ4n) is 3.03. The van der Waals surface area contributed by atoms with Gasteiger partial charge in [-0.2, -0.15) is 0 Å². The number of ether oxygens (including phenoxy) is 1. The lowest BCUT2D eigenvalue weighted by Crippen LogP contribution is -2.39. The summed E-state index contributed by atoms with van der Waals surface area (Å²) in [6.45, 7) is 2.36. The Morgan fingerprint density at radius 3 is 3.32 bits per heavy atom. The lowest BCUT2D eigenvalue weighted by Gasteiger charge is -2.15. The Hall–Kier alpha value is -2.34. The first-order valence-electron chi connectivity index (χ1n) is 7.53. The van der Waals surface area contributed by atoms with Gasteiger partial charge in [0.2, 0.25) is 0 Å². The van der Waals surface area contributed by atoms with E-state index in [2.05, 4.69) is 27.2 Å². The highest BCUT2D eigenvalue weighted by atomic mass is 16.5. The summed E-state index contributed by atoms with van der Waals surface area (Å²) in [7, 11) is 0. The number of aromatic nitrogens is 1. The Balaban J connectivity index is 1.33. The maximum Gasteiger partial charge on any atom is 0.269 e. The predicted molar refractivity (Wildman–Crippen MR) is 80.6 cm³/mol. The number of nitrogens with one attached hydrogen (secondary N) is 3. The molecule has 0 bridgehead atoms. The number of hydrogen-bond acceptors (Lipinski definition) is 5. The normalized spacial score (nSPS) is 25.8. The summed E-state index contributed by atoms with van der Waals surface area (Å²) in [5.41, 5.74) is 9.38. The van der Waals surface area contributed by atoms with E-state index in [0.29, 0.717) is 23.9 Å². The highest BCUT2D eigenvalue weighted by molar-refractivity contribution is 5.95. The summed E-state index contributed by atoms with van der Waals surface area (Å²) >= 11 is 0. The first kappa shape index (κ1) is 13.3. The zero-order valence-corrected chi connectivity index (χ0v) is 12.3. The Bertz CT molecular complexity index is 668. The summed E-state index contributed by atoms with van der Waals surface area (Å²) in [5.74, 6) is 1.21. The van der Waals surface area contributed by atoms with Crippen molar-refractivity contribution in [3.8, 4) is 5.75 Å². The van der Waals surface area contributed by atoms with Crippen LogP contribution in [0.2, 0.25) is 0 Å². The van der Waals surface area contributed by atoms with Gasteiger partial charge < -0.3 is 15.5 Å². The zero-order valence-electron chi connectivity index (χ0n) is 12.3. The van der Waals surface area contributed by atoms with E-state index in [-0.39, 0.29) is 18.1 Å². The molecule has 0 spiro atoms. The smallest absolute Gasteiger partial charge is 0.269 e. The van der Waals surface area contributed by atoms with Crippen LogP contribution in [-0.4, -0.2) is 29.6 Å². The summed E-state index contributed by atoms with van der Waals surface area (Å²) < 4.78 is 5.70. The number of hydrogen-bond donors (Lipinski definition) is 3. The summed E-state index contributed by atoms with van der Waals surface area (Å²) in [5, 5.41) is 2.91. The molecule has 2 aliphatic carbocycles. The second kappa shape index (κ2) is 5.14. The van der Waals surface area contributed by atoms with Gasteiger partial charge in [-0.15, -0.1) is 0 Å². The molecule has 3 aliphatic rings. The zero-order chi connectivity index (χ0) is 15.1. The molecule has 3 atom stereocenters. The topological polar surface area (TPSA) is 75.3 Å². The standard InChI is InChI=1S/C16H18N4O2/c1-9(22-11-3-2-4-17-8-11)7-18-16(21)15-13-6-10-5-12(10)14(13)19-20-15/h2-4,6,8-9,12,14,19-20H,5,7H2,1H3,(H,18,21). The molecule has 1 amide bonds. The minimum absolute atomic E-state index is 0.0928. The van der Waals surface area contributed by atoms with Crippen LogP contribution in [0.5, 0.6) is 5.75 Å². The Morgan fingerprint density at radius 1 is 1.59 bits per heavy atom. The van der Waals surface area contributed by atoms with E-state index in [0.717, 1.165) is 12.0 Å². The monoisotopic (exact) mass is 298 g/mol. The first-order valence-corrected chi connectivity index (χ1v) is 7.53. The lowest BCUT2D eigenvalue weighted by atomic mass is 10.1. The fourth-order valence-corrected chi connectivity index (χ4v) is 3.03. The van der Waals surface area contributed by atoms with Crippen molar-refractivity contribution in [2.75, 3.05) is 6.54 Å². The maximum absolute atomic E-state index is 12.3. The van der Waals surface area contributed by atoms with Gasteiger partial charge in [0, 0.05) is 17.7 Å². The van der Waals surface area contributed by atoms with Crippen molar-refractivity contribution in [1.29, 1.82) is 0 Å². The molecule has 1 saturated carbocycles. The van der Waals surface area contributed by atoms with Gasteiger partial charge in [0.1, 0.15) is 17.6 Å². The lowest BCUT2D eigenvalue weighted by molar-refractivity contribution is -0.118. The molecule has 0 aromatic carbocycles. The molecule has 4 rings (SSSR count). The average Bonchev–Trinajstić information content (AvgIpc) is 3.01. The number of nitrogens with zero attached hydrogens (tertiary/aromatic N) is 1. The van der Waals surface area contributed by atoms with Crippen LogP contribution in [0.3, 0.4) is 0 Å². The van der Waals surface area contributed by atoms with E-state index in [9.17, 15) is 4.79 Å². The molecule has 6 heteroatoms. The van der Waals surface area contributed by atoms with E-state index in [4.69, 9.17) is 4.74 Å². The van der Waals surface area contributed by atoms with Crippen LogP contribution in [-0.2, 0) is 4.79 Å². The van der Waals surface area contributed by atoms with Crippen molar-refractivity contribution in [3.63, 3.8) is 0 Å². The number of carbonyl (C=O) groups excluding carboxylic acids is 1. The van der Waals surface area contributed by atoms with Crippen LogP contribution >= 0.6 is 0 Å². The third-order valence-corrected chi connectivity index (χ3v) is 4.24. The minimum atomic E-state index is -0.126. The minimum Gasteiger partial charge on any atom is -0.487 e. The molecule has 3 unspecified atom stereocenters. The molecule has 3 N–H and O–H groups in total. The number of pyridine rings is 1. The molecule has 1 aromatic heterocycles. The maximum atomic E-state index is 12.3. The van der Waals surface area contributed by atoms with Crippen LogP contribution in [0.25, 0.3) is 0 Å². The number of amides is 1. The van der Waals surface area contributed by atoms with Crippen molar-refractivity contribution in [1.82, 2.24) is 21.2 Å². The largest absolute Gasteiger partial charge is 0.487 e. The quantitative estimate of drug-likeness (QED) is 0.744. The predicted octanol–water partition coefficient (Wildman–Crippen LogP) is 0.655. The highest BCUT2D eigenvalue weighted by Gasteiger charge is 2.48. The summed E-state index contributed by atoms with van der Waals surface area (Å²) in [4.78, 5) is 16.3. The van der Waals surface area contributed by atoms with Gasteiger partial charge in [-0.3, -0.25) is 9.78 Å². The number of fused-ring (bicyclic) bond motifs is 3. The van der Waals surface area contributed by atoms with Crippen molar-refractivity contribution in [2.45, 2.75) is 25.5 Å². The molecular formula is C16H18N4O2. The molecule has 2 heterocycles. The first-order chi connectivity index (χ1) is 10.7. The third kappa shape index (κ3) is 2.35. The molecule has 6 nitrogen and oxygen atoms in total. The second-order valence-electron chi connectivity index (χ2n) is 5.93. The van der Waals surface area contributed by atoms with Gasteiger partial charge in [-0.1, -0.05) is 11.6 Å². The van der Waals surface area contributed by atoms with Crippen LogP contribution in [0.15, 0.2) is 47.4 Å². The summed E-state index contributed by atoms with van der Waals surface area (Å²) in [6, 6.07) is 3.94. The van der Waals surface area contributed by atoms with Crippen LogP contribution in [0.1, 0.15) is 13.3 Å². The van der Waals surface area contributed by atoms with E-state index in [1.165, 1.54) is 5.57 Å². The Kier molecular flexibility index (Phi) is 3.11. The molecule has 114 valence electrons. The van der Waals surface area contributed by atoms with Crippen molar-refractivity contribution in [3.05, 3.63) is 47.4 Å². The van der Waals surface area contributed by atoms with Crippen LogP contribution in [0, 0.1) is 5.92 Å².